The van der Waals surface area contributed by atoms with Crippen LogP contribution < -0.4 is 4.90 Å². The van der Waals surface area contributed by atoms with Crippen LogP contribution in [0.15, 0.2) is 12.4 Å². The second-order valence-electron chi connectivity index (χ2n) is 2.74. The molecule has 1 N–H and O–H groups in total. The minimum absolute atomic E-state index is 0.0503. The van der Waals surface area contributed by atoms with Crippen LogP contribution in [0.25, 0.3) is 0 Å². The Morgan fingerprint density at radius 2 is 2.00 bits per heavy atom. The molecule has 7 nitrogen and oxygen atoms in total. The summed E-state index contributed by atoms with van der Waals surface area (Å²) in [6, 6.07) is 3.72. The molecule has 0 unspecified atom stereocenters. The van der Waals surface area contributed by atoms with Crippen molar-refractivity contribution in [3.05, 3.63) is 18.1 Å². The van der Waals surface area contributed by atoms with Crippen LogP contribution in [0.5, 0.6) is 0 Å². The first-order chi connectivity index (χ1) is 7.69. The Bertz CT molecular complexity index is 458. The van der Waals surface area contributed by atoms with E-state index in [4.69, 9.17) is 15.6 Å². The molecule has 0 bridgehead atoms. The van der Waals surface area contributed by atoms with Gasteiger partial charge in [-0.1, -0.05) is 0 Å². The van der Waals surface area contributed by atoms with Crippen molar-refractivity contribution < 1.29 is 9.90 Å². The molecule has 0 spiro atoms. The fourth-order valence-corrected chi connectivity index (χ4v) is 1.000. The van der Waals surface area contributed by atoms with Gasteiger partial charge < -0.3 is 10.0 Å². The Balaban J connectivity index is 3.01. The molecule has 0 radical (unpaired) electrons. The van der Waals surface area contributed by atoms with Gasteiger partial charge in [-0.15, -0.1) is 0 Å². The standard InChI is InChI=1S/C9H7N5O2/c10-1-3-14(4-2-11)8-6-12-5-7(13-8)9(15)16/h5-6H,3-4H2,(H,15,16). The van der Waals surface area contributed by atoms with Crippen molar-refractivity contribution in [1.29, 1.82) is 10.5 Å². The molecule has 0 aromatic carbocycles. The SMILES string of the molecule is N#CCN(CC#N)c1cncc(C(=O)O)n1. The summed E-state index contributed by atoms with van der Waals surface area (Å²) in [6.07, 6.45) is 2.41. The Morgan fingerprint density at radius 1 is 1.38 bits per heavy atom. The number of carboxylic acid groups (broad SMARTS) is 1. The molecule has 0 saturated heterocycles. The molecule has 0 aliphatic heterocycles. The number of aromatic nitrogens is 2. The van der Waals surface area contributed by atoms with Gasteiger partial charge in [0.15, 0.2) is 5.69 Å². The smallest absolute Gasteiger partial charge is 0.356 e. The first-order valence-electron chi connectivity index (χ1n) is 4.23. The molecule has 1 heterocycles. The highest BCUT2D eigenvalue weighted by Crippen LogP contribution is 2.08. The second-order valence-corrected chi connectivity index (χ2v) is 2.74. The van der Waals surface area contributed by atoms with Gasteiger partial charge in [-0.05, 0) is 0 Å². The van der Waals surface area contributed by atoms with Gasteiger partial charge in [0, 0.05) is 0 Å². The fraction of sp³-hybridized carbons (Fsp3) is 0.222. The van der Waals surface area contributed by atoms with E-state index in [2.05, 4.69) is 9.97 Å². The van der Waals surface area contributed by atoms with Crippen LogP contribution in [-0.4, -0.2) is 34.1 Å². The van der Waals surface area contributed by atoms with E-state index in [1.807, 2.05) is 12.1 Å². The number of carboxylic acids is 1. The van der Waals surface area contributed by atoms with Gasteiger partial charge in [0.25, 0.3) is 0 Å². The number of nitrogens with zero attached hydrogens (tertiary/aromatic N) is 5. The minimum Gasteiger partial charge on any atom is -0.476 e. The average Bonchev–Trinajstić information content (AvgIpc) is 2.29. The van der Waals surface area contributed by atoms with Crippen molar-refractivity contribution in [1.82, 2.24) is 9.97 Å². The summed E-state index contributed by atoms with van der Waals surface area (Å²) in [7, 11) is 0. The van der Waals surface area contributed by atoms with Crippen molar-refractivity contribution in [3.8, 4) is 12.1 Å². The van der Waals surface area contributed by atoms with Gasteiger partial charge in [0.2, 0.25) is 0 Å². The summed E-state index contributed by atoms with van der Waals surface area (Å²) in [5.41, 5.74) is -0.224. The van der Waals surface area contributed by atoms with E-state index in [9.17, 15) is 4.79 Å². The van der Waals surface area contributed by atoms with Crippen LogP contribution in [0, 0.1) is 22.7 Å². The molecule has 16 heavy (non-hydrogen) atoms. The van der Waals surface area contributed by atoms with E-state index >= 15 is 0 Å². The van der Waals surface area contributed by atoms with E-state index < -0.39 is 5.97 Å². The van der Waals surface area contributed by atoms with Gasteiger partial charge in [-0.25, -0.2) is 9.78 Å². The number of rotatable bonds is 4. The molecule has 0 amide bonds. The molecule has 0 aliphatic carbocycles. The lowest BCUT2D eigenvalue weighted by molar-refractivity contribution is 0.0690. The number of hydrogen-bond acceptors (Lipinski definition) is 6. The molecule has 0 atom stereocenters. The second kappa shape index (κ2) is 5.27. The van der Waals surface area contributed by atoms with Crippen LogP contribution >= 0.6 is 0 Å². The van der Waals surface area contributed by atoms with Crippen LogP contribution in [0.3, 0.4) is 0 Å². The lowest BCUT2D eigenvalue weighted by atomic mass is 10.4. The van der Waals surface area contributed by atoms with Crippen molar-refractivity contribution in [3.63, 3.8) is 0 Å². The molecule has 1 aromatic heterocycles. The van der Waals surface area contributed by atoms with Crippen LogP contribution in [0.2, 0.25) is 0 Å². The van der Waals surface area contributed by atoms with Gasteiger partial charge in [0.05, 0.1) is 24.5 Å². The lowest BCUT2D eigenvalue weighted by Gasteiger charge is -2.15. The summed E-state index contributed by atoms with van der Waals surface area (Å²) in [6.45, 7) is -0.101. The van der Waals surface area contributed by atoms with Gasteiger partial charge >= 0.3 is 5.97 Å². The van der Waals surface area contributed by atoms with Gasteiger partial charge in [0.1, 0.15) is 18.9 Å². The first-order valence-corrected chi connectivity index (χ1v) is 4.23. The third kappa shape index (κ3) is 2.66. The van der Waals surface area contributed by atoms with Crippen LogP contribution in [0.4, 0.5) is 5.82 Å². The third-order valence-corrected chi connectivity index (χ3v) is 1.69. The highest BCUT2D eigenvalue weighted by atomic mass is 16.4. The van der Waals surface area contributed by atoms with Crippen molar-refractivity contribution in [2.75, 3.05) is 18.0 Å². The van der Waals surface area contributed by atoms with E-state index in [1.165, 1.54) is 11.1 Å². The Kier molecular flexibility index (Phi) is 3.76. The molecular weight excluding hydrogens is 210 g/mol. The maximum absolute atomic E-state index is 10.6. The van der Waals surface area contributed by atoms with Gasteiger partial charge in [-0.3, -0.25) is 4.98 Å². The zero-order valence-corrected chi connectivity index (χ0v) is 8.16. The number of carbonyl (C=O) groups is 1. The maximum Gasteiger partial charge on any atom is 0.356 e. The van der Waals surface area contributed by atoms with Crippen LogP contribution in [0.1, 0.15) is 10.5 Å². The summed E-state index contributed by atoms with van der Waals surface area (Å²) in [4.78, 5) is 19.4. The summed E-state index contributed by atoms with van der Waals surface area (Å²) in [5.74, 6) is -1.01. The van der Waals surface area contributed by atoms with E-state index in [0.717, 1.165) is 6.20 Å². The molecule has 7 heteroatoms. The van der Waals surface area contributed by atoms with E-state index in [1.54, 1.807) is 0 Å². The molecule has 1 aromatic rings. The predicted molar refractivity (Wildman–Crippen MR) is 52.4 cm³/mol. The largest absolute Gasteiger partial charge is 0.476 e. The van der Waals surface area contributed by atoms with E-state index in [0.29, 0.717) is 0 Å². The summed E-state index contributed by atoms with van der Waals surface area (Å²) < 4.78 is 0. The third-order valence-electron chi connectivity index (χ3n) is 1.69. The zero-order valence-electron chi connectivity index (χ0n) is 8.16. The Labute approximate surface area is 91.2 Å². The van der Waals surface area contributed by atoms with Crippen molar-refractivity contribution >= 4 is 11.8 Å². The number of aromatic carboxylic acids is 1. The molecule has 0 fully saturated rings. The minimum atomic E-state index is -1.21. The topological polar surface area (TPSA) is 114 Å². The molecule has 0 saturated carbocycles. The monoisotopic (exact) mass is 217 g/mol. The predicted octanol–water partition coefficient (Wildman–Crippen LogP) is 0.0284. The molecule has 0 aliphatic rings. The fourth-order valence-electron chi connectivity index (χ4n) is 1.000. The average molecular weight is 217 g/mol. The Hall–Kier alpha value is -2.67. The molecule has 1 rings (SSSR count). The normalized spacial score (nSPS) is 8.88. The quantitative estimate of drug-likeness (QED) is 0.707. The summed E-state index contributed by atoms with van der Waals surface area (Å²) >= 11 is 0. The van der Waals surface area contributed by atoms with Crippen molar-refractivity contribution in [2.45, 2.75) is 0 Å². The molecule has 80 valence electrons. The zero-order chi connectivity index (χ0) is 12.0. The lowest BCUT2D eigenvalue weighted by Crippen LogP contribution is -2.25. The highest BCUT2D eigenvalue weighted by molar-refractivity contribution is 5.85. The highest BCUT2D eigenvalue weighted by Gasteiger charge is 2.11. The number of nitriles is 2. The van der Waals surface area contributed by atoms with E-state index in [-0.39, 0.29) is 24.6 Å². The van der Waals surface area contributed by atoms with Crippen molar-refractivity contribution in [2.24, 2.45) is 0 Å². The molecular formula is C9H7N5O2. The Morgan fingerprint density at radius 3 is 2.50 bits per heavy atom. The maximum atomic E-state index is 10.6. The van der Waals surface area contributed by atoms with Gasteiger partial charge in [-0.2, -0.15) is 10.5 Å². The number of hydrogen-bond donors (Lipinski definition) is 1. The summed E-state index contributed by atoms with van der Waals surface area (Å²) in [5, 5.41) is 25.8. The van der Waals surface area contributed by atoms with Crippen LogP contribution in [-0.2, 0) is 0 Å². The number of anilines is 1. The first kappa shape index (κ1) is 11.4.